The summed E-state index contributed by atoms with van der Waals surface area (Å²) in [5.41, 5.74) is 6.15. The van der Waals surface area contributed by atoms with Gasteiger partial charge in [0.2, 0.25) is 0 Å². The number of aryl methyl sites for hydroxylation is 1. The van der Waals surface area contributed by atoms with Crippen LogP contribution in [0.5, 0.6) is 5.75 Å². The minimum Gasteiger partial charge on any atom is -0.496 e. The van der Waals surface area contributed by atoms with Gasteiger partial charge in [0.15, 0.2) is 0 Å². The fourth-order valence-corrected chi connectivity index (χ4v) is 4.80. The summed E-state index contributed by atoms with van der Waals surface area (Å²) in [4.78, 5) is 12.1. The molecule has 1 aliphatic rings. The summed E-state index contributed by atoms with van der Waals surface area (Å²) in [5, 5.41) is 8.90. The number of ether oxygens (including phenoxy) is 2. The number of aliphatic carboxylic acids is 1. The van der Waals surface area contributed by atoms with Crippen LogP contribution in [0.2, 0.25) is 0 Å². The number of hydrogen-bond donors (Lipinski definition) is 1. The van der Waals surface area contributed by atoms with E-state index in [0.29, 0.717) is 6.61 Å². The van der Waals surface area contributed by atoms with E-state index in [0.717, 1.165) is 24.3 Å². The maximum Gasteiger partial charge on any atom is 0.329 e. The number of hydrogen-bond acceptors (Lipinski definition) is 5. The number of fused-ring (bicyclic) bond motifs is 1. The van der Waals surface area contributed by atoms with Crippen molar-refractivity contribution >= 4 is 17.9 Å². The normalized spacial score (nSPS) is 16.6. The first-order chi connectivity index (χ1) is 13.4. The molecule has 3 rings (SSSR count). The van der Waals surface area contributed by atoms with Crippen molar-refractivity contribution in [2.45, 2.75) is 44.7 Å². The second-order valence-corrected chi connectivity index (χ2v) is 8.24. The molecule has 0 aliphatic carbocycles. The highest BCUT2D eigenvalue weighted by Crippen LogP contribution is 2.39. The summed E-state index contributed by atoms with van der Waals surface area (Å²) in [6, 6.07) is 10.6. The molecule has 1 aliphatic heterocycles. The van der Waals surface area contributed by atoms with Gasteiger partial charge in [-0.25, -0.2) is 9.10 Å². The van der Waals surface area contributed by atoms with Gasteiger partial charge in [0.1, 0.15) is 12.4 Å². The van der Waals surface area contributed by atoms with Gasteiger partial charge in [-0.2, -0.15) is 0 Å². The summed E-state index contributed by atoms with van der Waals surface area (Å²) < 4.78 is 13.3. The lowest BCUT2D eigenvalue weighted by Crippen LogP contribution is -2.39. The van der Waals surface area contributed by atoms with E-state index in [1.54, 1.807) is 19.1 Å². The number of methoxy groups -OCH3 is 1. The largest absolute Gasteiger partial charge is 0.496 e. The summed E-state index contributed by atoms with van der Waals surface area (Å²) >= 11 is 1.73. The van der Waals surface area contributed by atoms with Gasteiger partial charge < -0.3 is 14.6 Å². The first-order valence-corrected chi connectivity index (χ1v) is 10.1. The van der Waals surface area contributed by atoms with Crippen LogP contribution in [-0.2, 0) is 22.5 Å². The van der Waals surface area contributed by atoms with Crippen LogP contribution in [0.25, 0.3) is 0 Å². The fraction of sp³-hybridized carbons (Fsp3) is 0.409. The van der Waals surface area contributed by atoms with Crippen molar-refractivity contribution in [3.8, 4) is 5.75 Å². The van der Waals surface area contributed by atoms with Gasteiger partial charge in [-0.3, -0.25) is 0 Å². The van der Waals surface area contributed by atoms with Crippen LogP contribution in [0.3, 0.4) is 0 Å². The molecule has 1 atom stereocenters. The fourth-order valence-electron chi connectivity index (χ4n) is 3.59. The van der Waals surface area contributed by atoms with E-state index in [-0.39, 0.29) is 12.6 Å². The van der Waals surface area contributed by atoms with Crippen molar-refractivity contribution in [2.24, 2.45) is 0 Å². The van der Waals surface area contributed by atoms with E-state index in [4.69, 9.17) is 14.6 Å². The first kappa shape index (κ1) is 20.7. The molecular weight excluding hydrogens is 374 g/mol. The van der Waals surface area contributed by atoms with Crippen LogP contribution >= 0.6 is 11.9 Å². The molecule has 1 unspecified atom stereocenters. The molecule has 1 heterocycles. The third-order valence-electron chi connectivity index (χ3n) is 5.25. The van der Waals surface area contributed by atoms with Crippen molar-refractivity contribution in [3.63, 3.8) is 0 Å². The van der Waals surface area contributed by atoms with Gasteiger partial charge >= 0.3 is 5.97 Å². The molecule has 28 heavy (non-hydrogen) atoms. The molecule has 2 aromatic carbocycles. The van der Waals surface area contributed by atoms with Gasteiger partial charge in [0.05, 0.1) is 13.7 Å². The molecule has 0 saturated carbocycles. The number of benzene rings is 2. The standard InChI is InChI=1S/C22H27NO4S/c1-14-9-20(26-4)15(2)16(3)22(14)28-23-11-18-8-6-5-7-17(18)10-19(23)12-27-13-21(24)25/h5-9,19H,10-13H2,1-4H3,(H,24,25). The molecule has 5 nitrogen and oxygen atoms in total. The Morgan fingerprint density at radius 3 is 2.61 bits per heavy atom. The zero-order chi connectivity index (χ0) is 20.3. The molecular formula is C22H27NO4S. The Morgan fingerprint density at radius 1 is 1.21 bits per heavy atom. The Bertz CT molecular complexity index is 868. The van der Waals surface area contributed by atoms with Gasteiger partial charge in [-0.1, -0.05) is 24.3 Å². The third kappa shape index (κ3) is 4.51. The summed E-state index contributed by atoms with van der Waals surface area (Å²) in [5.74, 6) is -0.0300. The van der Waals surface area contributed by atoms with Crippen molar-refractivity contribution in [1.29, 1.82) is 0 Å². The average molecular weight is 402 g/mol. The number of carbonyl (C=O) groups is 1. The highest BCUT2D eigenvalue weighted by atomic mass is 32.2. The molecule has 0 bridgehead atoms. The number of carboxylic acid groups (broad SMARTS) is 1. The summed E-state index contributed by atoms with van der Waals surface area (Å²) in [7, 11) is 1.70. The van der Waals surface area contributed by atoms with E-state index < -0.39 is 5.97 Å². The SMILES string of the molecule is COc1cc(C)c(SN2Cc3ccccc3CC2COCC(=O)O)c(C)c1C. The number of nitrogens with zero attached hydrogens (tertiary/aromatic N) is 1. The lowest BCUT2D eigenvalue weighted by Gasteiger charge is -2.36. The number of rotatable bonds is 7. The van der Waals surface area contributed by atoms with Crippen molar-refractivity contribution in [2.75, 3.05) is 20.3 Å². The molecule has 0 radical (unpaired) electrons. The molecule has 0 spiro atoms. The third-order valence-corrected chi connectivity index (χ3v) is 6.72. The van der Waals surface area contributed by atoms with Crippen molar-refractivity contribution in [3.05, 3.63) is 58.1 Å². The molecule has 0 aromatic heterocycles. The zero-order valence-electron chi connectivity index (χ0n) is 16.8. The highest BCUT2D eigenvalue weighted by molar-refractivity contribution is 7.97. The Labute approximate surface area is 170 Å². The molecule has 0 fully saturated rings. The van der Waals surface area contributed by atoms with Crippen LogP contribution in [-0.4, -0.2) is 41.7 Å². The molecule has 1 N–H and O–H groups in total. The topological polar surface area (TPSA) is 59.0 Å². The van der Waals surface area contributed by atoms with Crippen molar-refractivity contribution < 1.29 is 19.4 Å². The van der Waals surface area contributed by atoms with Gasteiger partial charge in [0.25, 0.3) is 0 Å². The molecule has 6 heteroatoms. The summed E-state index contributed by atoms with van der Waals surface area (Å²) in [6.45, 7) is 7.23. The Hall–Kier alpha value is -2.02. The lowest BCUT2D eigenvalue weighted by molar-refractivity contribution is -0.142. The van der Waals surface area contributed by atoms with Crippen LogP contribution in [0.15, 0.2) is 35.2 Å². The van der Waals surface area contributed by atoms with Crippen LogP contribution in [0.1, 0.15) is 27.8 Å². The molecule has 150 valence electrons. The van der Waals surface area contributed by atoms with Crippen molar-refractivity contribution in [1.82, 2.24) is 4.31 Å². The first-order valence-electron chi connectivity index (χ1n) is 9.36. The second-order valence-electron chi connectivity index (χ2n) is 7.18. The maximum atomic E-state index is 10.8. The summed E-state index contributed by atoms with van der Waals surface area (Å²) in [6.07, 6.45) is 0.843. The van der Waals surface area contributed by atoms with E-state index in [2.05, 4.69) is 55.4 Å². The number of carboxylic acids is 1. The van der Waals surface area contributed by atoms with Gasteiger partial charge in [-0.15, -0.1) is 0 Å². The Kier molecular flexibility index (Phi) is 6.65. The van der Waals surface area contributed by atoms with E-state index in [1.807, 2.05) is 0 Å². The maximum absolute atomic E-state index is 10.8. The van der Waals surface area contributed by atoms with Gasteiger partial charge in [-0.05, 0) is 73.0 Å². The smallest absolute Gasteiger partial charge is 0.329 e. The average Bonchev–Trinajstić information content (AvgIpc) is 2.67. The van der Waals surface area contributed by atoms with Crippen LogP contribution in [0, 0.1) is 20.8 Å². The predicted molar refractivity (Wildman–Crippen MR) is 111 cm³/mol. The van der Waals surface area contributed by atoms with E-state index in [1.165, 1.54) is 27.1 Å². The van der Waals surface area contributed by atoms with E-state index >= 15 is 0 Å². The Morgan fingerprint density at radius 2 is 1.93 bits per heavy atom. The monoisotopic (exact) mass is 401 g/mol. The molecule has 0 amide bonds. The quantitative estimate of drug-likeness (QED) is 0.703. The lowest BCUT2D eigenvalue weighted by atomic mass is 9.96. The minimum absolute atomic E-state index is 0.112. The second kappa shape index (κ2) is 8.99. The van der Waals surface area contributed by atoms with Gasteiger partial charge in [0, 0.05) is 17.5 Å². The predicted octanol–water partition coefficient (Wildman–Crippen LogP) is 4.16. The molecule has 2 aromatic rings. The minimum atomic E-state index is -0.937. The van der Waals surface area contributed by atoms with Crippen LogP contribution in [0.4, 0.5) is 0 Å². The highest BCUT2D eigenvalue weighted by Gasteiger charge is 2.28. The zero-order valence-corrected chi connectivity index (χ0v) is 17.6. The van der Waals surface area contributed by atoms with E-state index in [9.17, 15) is 4.79 Å². The van der Waals surface area contributed by atoms with Crippen LogP contribution < -0.4 is 4.74 Å². The Balaban J connectivity index is 1.87. The molecule has 0 saturated heterocycles.